The van der Waals surface area contributed by atoms with Crippen molar-refractivity contribution in [2.45, 2.75) is 51.9 Å². The van der Waals surface area contributed by atoms with Crippen LogP contribution < -0.4 is 5.32 Å². The molecule has 1 heterocycles. The van der Waals surface area contributed by atoms with Crippen molar-refractivity contribution in [2.75, 3.05) is 13.2 Å². The van der Waals surface area contributed by atoms with Gasteiger partial charge in [0.15, 0.2) is 0 Å². The summed E-state index contributed by atoms with van der Waals surface area (Å²) in [5, 5.41) is 12.5. The number of nitrogens with one attached hydrogen (secondary N) is 1. The minimum atomic E-state index is 0.0290. The molecule has 1 atom stereocenters. The van der Waals surface area contributed by atoms with Crippen molar-refractivity contribution < 1.29 is 9.90 Å². The van der Waals surface area contributed by atoms with Crippen LogP contribution in [0.3, 0.4) is 0 Å². The Kier molecular flexibility index (Phi) is 7.99. The number of aliphatic hydroxyl groups is 1. The molecule has 27 heavy (non-hydrogen) atoms. The lowest BCUT2D eigenvalue weighted by Gasteiger charge is -2.19. The molecule has 4 nitrogen and oxygen atoms in total. The minimum absolute atomic E-state index is 0.0290. The van der Waals surface area contributed by atoms with Gasteiger partial charge >= 0.3 is 0 Å². The Morgan fingerprint density at radius 1 is 1.07 bits per heavy atom. The molecule has 0 aliphatic heterocycles. The van der Waals surface area contributed by atoms with Crippen LogP contribution in [0.25, 0.3) is 0 Å². The normalized spacial score (nSPS) is 12.6. The third-order valence-electron chi connectivity index (χ3n) is 4.81. The number of amides is 1. The molecule has 0 saturated heterocycles. The second-order valence-electron chi connectivity index (χ2n) is 8.21. The van der Waals surface area contributed by atoms with Gasteiger partial charge in [-0.15, -0.1) is 0 Å². The number of hydrogen-bond donors (Lipinski definition) is 2. The molecule has 0 aliphatic carbocycles. The van der Waals surface area contributed by atoms with E-state index in [9.17, 15) is 9.90 Å². The first kappa shape index (κ1) is 21.1. The van der Waals surface area contributed by atoms with Crippen LogP contribution in [0.1, 0.15) is 50.3 Å². The molecular weight excluding hydrogens is 336 g/mol. The summed E-state index contributed by atoms with van der Waals surface area (Å²) in [5.74, 6) is 0.0794. The van der Waals surface area contributed by atoms with E-state index < -0.39 is 0 Å². The van der Waals surface area contributed by atoms with Gasteiger partial charge in [-0.1, -0.05) is 45.0 Å². The van der Waals surface area contributed by atoms with E-state index in [1.807, 2.05) is 12.1 Å². The molecule has 4 heteroatoms. The largest absolute Gasteiger partial charge is 0.396 e. The zero-order valence-corrected chi connectivity index (χ0v) is 16.7. The fourth-order valence-corrected chi connectivity index (χ4v) is 3.02. The summed E-state index contributed by atoms with van der Waals surface area (Å²) in [6, 6.07) is 12.6. The molecule has 1 aromatic heterocycles. The lowest BCUT2D eigenvalue weighted by atomic mass is 9.86. The van der Waals surface area contributed by atoms with E-state index in [1.54, 1.807) is 12.4 Å². The minimum Gasteiger partial charge on any atom is -0.396 e. The van der Waals surface area contributed by atoms with Gasteiger partial charge in [0.1, 0.15) is 0 Å². The number of pyridine rings is 1. The number of aryl methyl sites for hydroxylation is 1. The number of carbonyl (C=O) groups excluding carboxylic acids is 1. The van der Waals surface area contributed by atoms with Crippen LogP contribution in [0.15, 0.2) is 48.8 Å². The Morgan fingerprint density at radius 2 is 1.74 bits per heavy atom. The summed E-state index contributed by atoms with van der Waals surface area (Å²) in [6.45, 7) is 7.18. The lowest BCUT2D eigenvalue weighted by molar-refractivity contribution is -0.121. The number of carbonyl (C=O) groups is 1. The Bertz CT molecular complexity index is 691. The van der Waals surface area contributed by atoms with Crippen molar-refractivity contribution in [3.63, 3.8) is 0 Å². The fourth-order valence-electron chi connectivity index (χ4n) is 3.02. The van der Waals surface area contributed by atoms with Crippen LogP contribution in [-0.2, 0) is 23.1 Å². The number of aliphatic hydroxyl groups excluding tert-OH is 1. The maximum atomic E-state index is 12.1. The predicted molar refractivity (Wildman–Crippen MR) is 110 cm³/mol. The Labute approximate surface area is 163 Å². The maximum Gasteiger partial charge on any atom is 0.220 e. The predicted octanol–water partition coefficient (Wildman–Crippen LogP) is 3.67. The second kappa shape index (κ2) is 10.2. The van der Waals surface area contributed by atoms with Crippen LogP contribution in [-0.4, -0.2) is 29.1 Å². The third kappa shape index (κ3) is 7.51. The molecule has 0 saturated carbocycles. The number of rotatable bonds is 9. The molecule has 2 rings (SSSR count). The topological polar surface area (TPSA) is 62.2 Å². The Balaban J connectivity index is 1.69. The average molecular weight is 369 g/mol. The van der Waals surface area contributed by atoms with Gasteiger partial charge in [-0.05, 0) is 53.5 Å². The zero-order valence-electron chi connectivity index (χ0n) is 16.7. The third-order valence-corrected chi connectivity index (χ3v) is 4.81. The van der Waals surface area contributed by atoms with E-state index in [4.69, 9.17) is 0 Å². The molecule has 0 aliphatic rings. The summed E-state index contributed by atoms with van der Waals surface area (Å²) >= 11 is 0. The van der Waals surface area contributed by atoms with Crippen molar-refractivity contribution in [2.24, 2.45) is 5.92 Å². The van der Waals surface area contributed by atoms with Crippen LogP contribution in [0, 0.1) is 5.92 Å². The van der Waals surface area contributed by atoms with Crippen molar-refractivity contribution in [3.8, 4) is 0 Å². The summed E-state index contributed by atoms with van der Waals surface area (Å²) in [5.41, 5.74) is 3.88. The quantitative estimate of drug-likeness (QED) is 0.710. The van der Waals surface area contributed by atoms with Crippen molar-refractivity contribution in [1.29, 1.82) is 0 Å². The SMILES string of the molecule is CC(C)(C)c1ccc(CCCC(=O)NCC(CO)Cc2ccncc2)cc1. The zero-order chi connectivity index (χ0) is 19.7. The standard InChI is InChI=1S/C23H32N2O2/c1-23(2,3)21-9-7-18(8-10-21)5-4-6-22(27)25-16-20(17-26)15-19-11-13-24-14-12-19/h7-14,20,26H,4-6,15-17H2,1-3H3,(H,25,27). The molecule has 146 valence electrons. The smallest absolute Gasteiger partial charge is 0.220 e. The first-order chi connectivity index (χ1) is 12.9. The highest BCUT2D eigenvalue weighted by molar-refractivity contribution is 5.75. The van der Waals surface area contributed by atoms with Gasteiger partial charge in [-0.3, -0.25) is 9.78 Å². The molecule has 0 bridgehead atoms. The van der Waals surface area contributed by atoms with Gasteiger partial charge in [0, 0.05) is 37.9 Å². The van der Waals surface area contributed by atoms with E-state index in [1.165, 1.54) is 11.1 Å². The molecule has 0 radical (unpaired) electrons. The van der Waals surface area contributed by atoms with Gasteiger partial charge in [-0.2, -0.15) is 0 Å². The van der Waals surface area contributed by atoms with Crippen LogP contribution >= 0.6 is 0 Å². The molecule has 2 N–H and O–H groups in total. The molecule has 1 unspecified atom stereocenters. The van der Waals surface area contributed by atoms with Gasteiger partial charge in [0.2, 0.25) is 5.91 Å². The van der Waals surface area contributed by atoms with Gasteiger partial charge in [-0.25, -0.2) is 0 Å². The Morgan fingerprint density at radius 3 is 2.33 bits per heavy atom. The highest BCUT2D eigenvalue weighted by Gasteiger charge is 2.13. The van der Waals surface area contributed by atoms with Gasteiger partial charge < -0.3 is 10.4 Å². The lowest BCUT2D eigenvalue weighted by Crippen LogP contribution is -2.31. The molecule has 2 aromatic rings. The van der Waals surface area contributed by atoms with E-state index >= 15 is 0 Å². The monoisotopic (exact) mass is 368 g/mol. The Hall–Kier alpha value is -2.20. The van der Waals surface area contributed by atoms with Crippen LogP contribution in [0.4, 0.5) is 0 Å². The fraction of sp³-hybridized carbons (Fsp3) is 0.478. The summed E-state index contributed by atoms with van der Waals surface area (Å²) in [7, 11) is 0. The number of benzene rings is 1. The van der Waals surface area contributed by atoms with Crippen molar-refractivity contribution in [1.82, 2.24) is 10.3 Å². The van der Waals surface area contributed by atoms with E-state index in [2.05, 4.69) is 55.3 Å². The first-order valence-electron chi connectivity index (χ1n) is 9.74. The van der Waals surface area contributed by atoms with Crippen molar-refractivity contribution >= 4 is 5.91 Å². The highest BCUT2D eigenvalue weighted by atomic mass is 16.3. The summed E-state index contributed by atoms with van der Waals surface area (Å²) < 4.78 is 0. The molecule has 0 fully saturated rings. The van der Waals surface area contributed by atoms with Gasteiger partial charge in [0.25, 0.3) is 0 Å². The second-order valence-corrected chi connectivity index (χ2v) is 8.21. The average Bonchev–Trinajstić information content (AvgIpc) is 2.65. The van der Waals surface area contributed by atoms with E-state index in [0.29, 0.717) is 13.0 Å². The van der Waals surface area contributed by atoms with Crippen molar-refractivity contribution in [3.05, 3.63) is 65.5 Å². The molecule has 1 aromatic carbocycles. The number of nitrogens with zero attached hydrogens (tertiary/aromatic N) is 1. The van der Waals surface area contributed by atoms with E-state index in [0.717, 1.165) is 24.8 Å². The highest BCUT2D eigenvalue weighted by Crippen LogP contribution is 2.22. The van der Waals surface area contributed by atoms with Gasteiger partial charge in [0.05, 0.1) is 0 Å². The molecular formula is C23H32N2O2. The molecule has 0 spiro atoms. The molecule has 1 amide bonds. The number of hydrogen-bond acceptors (Lipinski definition) is 3. The maximum absolute atomic E-state index is 12.1. The summed E-state index contributed by atoms with van der Waals surface area (Å²) in [6.07, 6.45) is 6.47. The summed E-state index contributed by atoms with van der Waals surface area (Å²) in [4.78, 5) is 16.1. The first-order valence-corrected chi connectivity index (χ1v) is 9.74. The van der Waals surface area contributed by atoms with Crippen LogP contribution in [0.5, 0.6) is 0 Å². The van der Waals surface area contributed by atoms with Crippen LogP contribution in [0.2, 0.25) is 0 Å². The number of aromatic nitrogens is 1. The van der Waals surface area contributed by atoms with E-state index in [-0.39, 0.29) is 23.8 Å².